The van der Waals surface area contributed by atoms with Gasteiger partial charge >= 0.3 is 12.3 Å². The SMILES string of the molecule is CC(C)(C)OC(=O)N1CCC(c2ccccc2C(F)(F)F)C(=O)C1. The van der Waals surface area contributed by atoms with Gasteiger partial charge in [-0.2, -0.15) is 13.2 Å². The van der Waals surface area contributed by atoms with Crippen LogP contribution in [0.5, 0.6) is 0 Å². The predicted octanol–water partition coefficient (Wildman–Crippen LogP) is 4.00. The number of Topliss-reactive ketones (excluding diaryl/α,β-unsaturated/α-hetero) is 1. The molecule has 1 fully saturated rings. The van der Waals surface area contributed by atoms with Crippen LogP contribution in [0.2, 0.25) is 0 Å². The monoisotopic (exact) mass is 343 g/mol. The predicted molar refractivity (Wildman–Crippen MR) is 81.6 cm³/mol. The lowest BCUT2D eigenvalue weighted by atomic mass is 9.85. The topological polar surface area (TPSA) is 46.6 Å². The van der Waals surface area contributed by atoms with Gasteiger partial charge in [0.1, 0.15) is 5.60 Å². The summed E-state index contributed by atoms with van der Waals surface area (Å²) in [4.78, 5) is 25.6. The molecular formula is C17H20F3NO3. The van der Waals surface area contributed by atoms with E-state index in [4.69, 9.17) is 4.74 Å². The van der Waals surface area contributed by atoms with E-state index in [9.17, 15) is 22.8 Å². The van der Waals surface area contributed by atoms with Crippen molar-refractivity contribution >= 4 is 11.9 Å². The number of benzene rings is 1. The molecule has 1 amide bonds. The highest BCUT2D eigenvalue weighted by atomic mass is 19.4. The largest absolute Gasteiger partial charge is 0.444 e. The number of halogens is 3. The number of rotatable bonds is 1. The average Bonchev–Trinajstić information content (AvgIpc) is 2.44. The van der Waals surface area contributed by atoms with Crippen molar-refractivity contribution in [1.29, 1.82) is 0 Å². The maximum absolute atomic E-state index is 13.1. The van der Waals surface area contributed by atoms with Crippen molar-refractivity contribution in [3.05, 3.63) is 35.4 Å². The molecule has 132 valence electrons. The summed E-state index contributed by atoms with van der Waals surface area (Å²) in [5, 5.41) is 0. The molecule has 2 rings (SSSR count). The molecule has 0 spiro atoms. The Hall–Kier alpha value is -2.05. The van der Waals surface area contributed by atoms with Gasteiger partial charge in [-0.3, -0.25) is 4.79 Å². The van der Waals surface area contributed by atoms with E-state index in [1.54, 1.807) is 20.8 Å². The number of alkyl halides is 3. The molecule has 4 nitrogen and oxygen atoms in total. The molecule has 1 aliphatic heterocycles. The van der Waals surface area contributed by atoms with Crippen LogP contribution in [-0.4, -0.2) is 35.5 Å². The molecule has 7 heteroatoms. The third-order valence-electron chi connectivity index (χ3n) is 3.72. The first-order valence-corrected chi connectivity index (χ1v) is 7.66. The molecule has 0 N–H and O–H groups in total. The van der Waals surface area contributed by atoms with Gasteiger partial charge in [0.15, 0.2) is 5.78 Å². The first-order chi connectivity index (χ1) is 11.0. The van der Waals surface area contributed by atoms with Gasteiger partial charge in [0.2, 0.25) is 0 Å². The van der Waals surface area contributed by atoms with Crippen LogP contribution in [0.25, 0.3) is 0 Å². The lowest BCUT2D eigenvalue weighted by Crippen LogP contribution is -2.45. The molecule has 0 aliphatic carbocycles. The summed E-state index contributed by atoms with van der Waals surface area (Å²) in [5.74, 6) is -1.27. The van der Waals surface area contributed by atoms with Crippen LogP contribution >= 0.6 is 0 Å². The Balaban J connectivity index is 2.16. The number of hydrogen-bond donors (Lipinski definition) is 0. The number of piperidine rings is 1. The van der Waals surface area contributed by atoms with Crippen LogP contribution in [0.15, 0.2) is 24.3 Å². The van der Waals surface area contributed by atoms with Crippen molar-refractivity contribution < 1.29 is 27.5 Å². The lowest BCUT2D eigenvalue weighted by Gasteiger charge is -2.33. The van der Waals surface area contributed by atoms with E-state index in [0.29, 0.717) is 0 Å². The minimum absolute atomic E-state index is 0.0289. The molecule has 1 aromatic rings. The van der Waals surface area contributed by atoms with Gasteiger partial charge in [-0.15, -0.1) is 0 Å². The molecule has 0 saturated carbocycles. The fourth-order valence-corrected chi connectivity index (χ4v) is 2.69. The van der Waals surface area contributed by atoms with E-state index >= 15 is 0 Å². The first kappa shape index (κ1) is 18.3. The Morgan fingerprint density at radius 3 is 2.38 bits per heavy atom. The molecule has 1 aliphatic rings. The summed E-state index contributed by atoms with van der Waals surface area (Å²) in [5.41, 5.74) is -1.52. The van der Waals surface area contributed by atoms with E-state index in [0.717, 1.165) is 6.07 Å². The molecule has 1 atom stereocenters. The van der Waals surface area contributed by atoms with E-state index in [1.807, 2.05) is 0 Å². The summed E-state index contributed by atoms with van der Waals surface area (Å²) in [6, 6.07) is 5.09. The summed E-state index contributed by atoms with van der Waals surface area (Å²) < 4.78 is 44.6. The van der Waals surface area contributed by atoms with Crippen LogP contribution in [0.3, 0.4) is 0 Å². The van der Waals surface area contributed by atoms with Crippen LogP contribution in [0.1, 0.15) is 44.2 Å². The van der Waals surface area contributed by atoms with Crippen LogP contribution < -0.4 is 0 Å². The van der Waals surface area contributed by atoms with Gasteiger partial charge < -0.3 is 9.64 Å². The molecule has 24 heavy (non-hydrogen) atoms. The number of ether oxygens (including phenoxy) is 1. The molecule has 0 aromatic heterocycles. The standard InChI is InChI=1S/C17H20F3NO3/c1-16(2,3)24-15(23)21-9-8-12(14(22)10-21)11-6-4-5-7-13(11)17(18,19)20/h4-7,12H,8-10H2,1-3H3. The number of hydrogen-bond acceptors (Lipinski definition) is 3. The average molecular weight is 343 g/mol. The van der Waals surface area contributed by atoms with Crippen LogP contribution in [-0.2, 0) is 15.7 Å². The van der Waals surface area contributed by atoms with Crippen LogP contribution in [0.4, 0.5) is 18.0 Å². The molecule has 1 heterocycles. The summed E-state index contributed by atoms with van der Waals surface area (Å²) in [6.07, 6.45) is -5.00. The summed E-state index contributed by atoms with van der Waals surface area (Å²) in [7, 11) is 0. The smallest absolute Gasteiger partial charge is 0.416 e. The Kier molecular flexibility index (Phi) is 4.92. The van der Waals surface area contributed by atoms with Gasteiger partial charge in [0, 0.05) is 12.5 Å². The fraction of sp³-hybridized carbons (Fsp3) is 0.529. The lowest BCUT2D eigenvalue weighted by molar-refractivity contribution is -0.138. The van der Waals surface area contributed by atoms with E-state index in [2.05, 4.69) is 0 Å². The second kappa shape index (κ2) is 6.45. The normalized spacial score (nSPS) is 19.3. The number of likely N-dealkylation sites (tertiary alicyclic amines) is 1. The Morgan fingerprint density at radius 2 is 1.83 bits per heavy atom. The first-order valence-electron chi connectivity index (χ1n) is 7.66. The zero-order chi connectivity index (χ0) is 18.1. The summed E-state index contributed by atoms with van der Waals surface area (Å²) >= 11 is 0. The maximum atomic E-state index is 13.1. The van der Waals surface area contributed by atoms with Gasteiger partial charge in [0.05, 0.1) is 12.1 Å². The van der Waals surface area contributed by atoms with E-state index < -0.39 is 35.1 Å². The molecule has 1 aromatic carbocycles. The zero-order valence-corrected chi connectivity index (χ0v) is 13.8. The second-order valence-corrected chi connectivity index (χ2v) is 6.79. The number of amides is 1. The Bertz CT molecular complexity index is 635. The quantitative estimate of drug-likeness (QED) is 0.774. The maximum Gasteiger partial charge on any atom is 0.416 e. The zero-order valence-electron chi connectivity index (χ0n) is 13.8. The third kappa shape index (κ3) is 4.27. The Morgan fingerprint density at radius 1 is 1.21 bits per heavy atom. The van der Waals surface area contributed by atoms with Gasteiger partial charge in [0.25, 0.3) is 0 Å². The molecule has 0 radical (unpaired) electrons. The van der Waals surface area contributed by atoms with Crippen molar-refractivity contribution in [3.63, 3.8) is 0 Å². The second-order valence-electron chi connectivity index (χ2n) is 6.79. The molecule has 1 saturated heterocycles. The minimum Gasteiger partial charge on any atom is -0.444 e. The number of carbonyl (C=O) groups is 2. The van der Waals surface area contributed by atoms with Crippen molar-refractivity contribution in [2.24, 2.45) is 0 Å². The fourth-order valence-electron chi connectivity index (χ4n) is 2.69. The highest BCUT2D eigenvalue weighted by Gasteiger charge is 2.39. The third-order valence-corrected chi connectivity index (χ3v) is 3.72. The number of carbonyl (C=O) groups excluding carboxylic acids is 2. The van der Waals surface area contributed by atoms with Gasteiger partial charge in [-0.05, 0) is 38.8 Å². The highest BCUT2D eigenvalue weighted by Crippen LogP contribution is 2.37. The van der Waals surface area contributed by atoms with Crippen molar-refractivity contribution in [2.75, 3.05) is 13.1 Å². The number of nitrogens with zero attached hydrogens (tertiary/aromatic N) is 1. The van der Waals surface area contributed by atoms with Crippen molar-refractivity contribution in [2.45, 2.75) is 44.9 Å². The molecule has 0 bridgehead atoms. The summed E-state index contributed by atoms with van der Waals surface area (Å²) in [6.45, 7) is 5.06. The van der Waals surface area contributed by atoms with Crippen LogP contribution in [0, 0.1) is 0 Å². The van der Waals surface area contributed by atoms with Gasteiger partial charge in [-0.25, -0.2) is 4.79 Å². The van der Waals surface area contributed by atoms with E-state index in [-0.39, 0.29) is 25.1 Å². The molecule has 1 unspecified atom stereocenters. The van der Waals surface area contributed by atoms with Gasteiger partial charge in [-0.1, -0.05) is 18.2 Å². The Labute approximate surface area is 138 Å². The minimum atomic E-state index is -4.51. The van der Waals surface area contributed by atoms with Crippen molar-refractivity contribution in [1.82, 2.24) is 4.90 Å². The van der Waals surface area contributed by atoms with E-state index in [1.165, 1.54) is 23.1 Å². The number of ketones is 1. The molecular weight excluding hydrogens is 323 g/mol. The highest BCUT2D eigenvalue weighted by molar-refractivity contribution is 5.91. The van der Waals surface area contributed by atoms with Crippen molar-refractivity contribution in [3.8, 4) is 0 Å².